The zero-order valence-corrected chi connectivity index (χ0v) is 18.2. The molecule has 35 heavy (non-hydrogen) atoms. The third-order valence-corrected chi connectivity index (χ3v) is 5.85. The Bertz CT molecular complexity index is 1100. The number of carbonyl (C=O) groups is 1. The highest BCUT2D eigenvalue weighted by Gasteiger charge is 2.48. The van der Waals surface area contributed by atoms with E-state index in [4.69, 9.17) is 18.9 Å². The second-order valence-corrected chi connectivity index (χ2v) is 8.17. The van der Waals surface area contributed by atoms with E-state index in [9.17, 15) is 45.6 Å². The average Bonchev–Trinajstić information content (AvgIpc) is 2.79. The number of phenolic OH excluding ortho intramolecular Hbond substituents is 3. The highest BCUT2D eigenvalue weighted by Crippen LogP contribution is 2.45. The minimum absolute atomic E-state index is 0.0470. The van der Waals surface area contributed by atoms with E-state index in [1.54, 1.807) is 0 Å². The first-order valence-electron chi connectivity index (χ1n) is 10.4. The molecule has 7 atom stereocenters. The van der Waals surface area contributed by atoms with E-state index in [0.717, 1.165) is 6.07 Å². The molecule has 2 aromatic rings. The average molecular weight is 496 g/mol. The summed E-state index contributed by atoms with van der Waals surface area (Å²) >= 11 is 0. The second kappa shape index (κ2) is 9.28. The Morgan fingerprint density at radius 3 is 2.20 bits per heavy atom. The second-order valence-electron chi connectivity index (χ2n) is 8.17. The first-order valence-corrected chi connectivity index (χ1v) is 10.4. The fourth-order valence-electron chi connectivity index (χ4n) is 4.08. The molecule has 0 aromatic heterocycles. The summed E-state index contributed by atoms with van der Waals surface area (Å²) in [5.41, 5.74) is 0.421. The van der Waals surface area contributed by atoms with Gasteiger partial charge in [0.15, 0.2) is 23.7 Å². The predicted molar refractivity (Wildman–Crippen MR) is 112 cm³/mol. The van der Waals surface area contributed by atoms with Crippen LogP contribution in [0.15, 0.2) is 24.3 Å². The van der Waals surface area contributed by atoms with Crippen LogP contribution in [0.4, 0.5) is 0 Å². The molecule has 8 N–H and O–H groups in total. The molecule has 0 bridgehead atoms. The molecule has 2 heterocycles. The molecule has 0 radical (unpaired) electrons. The molecule has 190 valence electrons. The quantitative estimate of drug-likeness (QED) is 0.253. The fraction of sp³-hybridized carbons (Fsp3) is 0.409. The van der Waals surface area contributed by atoms with E-state index in [0.29, 0.717) is 0 Å². The Morgan fingerprint density at radius 2 is 1.60 bits per heavy atom. The molecule has 0 aliphatic carbocycles. The maximum Gasteiger partial charge on any atom is 0.335 e. The predicted octanol–water partition coefficient (Wildman–Crippen LogP) is -0.880. The van der Waals surface area contributed by atoms with Crippen LogP contribution in [0.2, 0.25) is 0 Å². The lowest BCUT2D eigenvalue weighted by Gasteiger charge is -2.38. The Morgan fingerprint density at radius 1 is 0.943 bits per heavy atom. The Hall–Kier alpha value is -3.49. The van der Waals surface area contributed by atoms with E-state index < -0.39 is 48.9 Å². The van der Waals surface area contributed by atoms with Gasteiger partial charge in [-0.15, -0.1) is 0 Å². The monoisotopic (exact) mass is 496 g/mol. The van der Waals surface area contributed by atoms with Gasteiger partial charge in [-0.3, -0.25) is 0 Å². The molecule has 1 saturated heterocycles. The number of fused-ring (bicyclic) bond motifs is 1. The molecule has 2 aromatic carbocycles. The molecule has 0 amide bonds. The van der Waals surface area contributed by atoms with Crippen molar-refractivity contribution in [3.63, 3.8) is 0 Å². The molecule has 1 fully saturated rings. The molecule has 0 unspecified atom stereocenters. The normalized spacial score (nSPS) is 30.1. The van der Waals surface area contributed by atoms with Crippen molar-refractivity contribution >= 4 is 5.97 Å². The van der Waals surface area contributed by atoms with Gasteiger partial charge in [0.1, 0.15) is 35.6 Å². The summed E-state index contributed by atoms with van der Waals surface area (Å²) in [6, 6.07) is 4.87. The number of ether oxygens (including phenoxy) is 4. The summed E-state index contributed by atoms with van der Waals surface area (Å²) in [7, 11) is 1.26. The molecular formula is C22H24O13. The number of aliphatic hydroxyl groups is 4. The Labute approximate surface area is 197 Å². The zero-order valence-electron chi connectivity index (χ0n) is 18.2. The Kier molecular flexibility index (Phi) is 6.53. The highest BCUT2D eigenvalue weighted by molar-refractivity contribution is 5.73. The van der Waals surface area contributed by atoms with Gasteiger partial charge in [0.05, 0.1) is 13.2 Å². The minimum atomic E-state index is -1.90. The van der Waals surface area contributed by atoms with Crippen LogP contribution >= 0.6 is 0 Å². The van der Waals surface area contributed by atoms with Crippen LogP contribution in [0, 0.1) is 0 Å². The van der Waals surface area contributed by atoms with Crippen LogP contribution in [0.1, 0.15) is 17.2 Å². The fourth-order valence-corrected chi connectivity index (χ4v) is 4.08. The maximum atomic E-state index is 11.3. The lowest BCUT2D eigenvalue weighted by molar-refractivity contribution is -0.271. The molecule has 2 aliphatic rings. The topological polar surface area (TPSA) is 216 Å². The number of aliphatic carboxylic acids is 1. The van der Waals surface area contributed by atoms with Gasteiger partial charge >= 0.3 is 5.97 Å². The van der Waals surface area contributed by atoms with Crippen LogP contribution in [0.3, 0.4) is 0 Å². The largest absolute Gasteiger partial charge is 0.507 e. The summed E-state index contributed by atoms with van der Waals surface area (Å²) in [5, 5.41) is 80.3. The van der Waals surface area contributed by atoms with Gasteiger partial charge < -0.3 is 59.8 Å². The highest BCUT2D eigenvalue weighted by atomic mass is 16.7. The van der Waals surface area contributed by atoms with Crippen LogP contribution in [-0.4, -0.2) is 90.7 Å². The SMILES string of the molecule is COc1c(O)cc([C@H]2Oc3cc(O[C@@H]4O[C@H](C(=O)O)[C@@H](O)[C@H](O)[C@H]4O)cc(O)c3C[C@H]2O)cc1O. The standard InChI is InChI=1S/C22H24O13/c1-32-19-11(24)2-7(3-12(19)25)18-13(26)6-9-10(23)4-8(5-14(9)34-18)33-22-17(29)15(27)16(28)20(35-22)21(30)31/h2-5,13,15-18,20,22-29H,6H2,1H3,(H,30,31)/t13-,15+,16+,17-,18-,20+,22-/m1/s1. The number of hydrogen-bond donors (Lipinski definition) is 8. The molecule has 13 nitrogen and oxygen atoms in total. The summed E-state index contributed by atoms with van der Waals surface area (Å²) < 4.78 is 21.2. The van der Waals surface area contributed by atoms with Crippen molar-refractivity contribution in [1.82, 2.24) is 0 Å². The molecule has 4 rings (SSSR count). The van der Waals surface area contributed by atoms with Gasteiger partial charge in [0.25, 0.3) is 0 Å². The lowest BCUT2D eigenvalue weighted by atomic mass is 9.93. The molecule has 2 aliphatic heterocycles. The Balaban J connectivity index is 1.61. The van der Waals surface area contributed by atoms with Crippen molar-refractivity contribution < 1.29 is 64.6 Å². The third kappa shape index (κ3) is 4.47. The summed E-state index contributed by atoms with van der Waals surface area (Å²) in [5.74, 6) is -2.97. The smallest absolute Gasteiger partial charge is 0.335 e. The number of aromatic hydroxyl groups is 3. The molecule has 0 saturated carbocycles. The van der Waals surface area contributed by atoms with Gasteiger partial charge in [0, 0.05) is 29.7 Å². The maximum absolute atomic E-state index is 11.3. The van der Waals surface area contributed by atoms with Gasteiger partial charge in [-0.2, -0.15) is 0 Å². The van der Waals surface area contributed by atoms with Crippen molar-refractivity contribution in [2.45, 2.75) is 49.3 Å². The van der Waals surface area contributed by atoms with E-state index in [1.807, 2.05) is 0 Å². The van der Waals surface area contributed by atoms with Gasteiger partial charge in [-0.1, -0.05) is 0 Å². The molecule has 13 heteroatoms. The van der Waals surface area contributed by atoms with Crippen molar-refractivity contribution in [3.8, 4) is 34.5 Å². The lowest BCUT2D eigenvalue weighted by Crippen LogP contribution is -2.61. The number of rotatable bonds is 5. The van der Waals surface area contributed by atoms with Gasteiger partial charge in [0.2, 0.25) is 12.0 Å². The van der Waals surface area contributed by atoms with E-state index >= 15 is 0 Å². The zero-order chi connectivity index (χ0) is 25.6. The molecular weight excluding hydrogens is 472 g/mol. The number of carboxylic acids is 1. The third-order valence-electron chi connectivity index (χ3n) is 5.85. The summed E-state index contributed by atoms with van der Waals surface area (Å²) in [4.78, 5) is 11.3. The van der Waals surface area contributed by atoms with E-state index in [1.165, 1.54) is 25.3 Å². The van der Waals surface area contributed by atoms with E-state index in [2.05, 4.69) is 0 Å². The van der Waals surface area contributed by atoms with Crippen LogP contribution < -0.4 is 14.2 Å². The number of carboxylic acid groups (broad SMARTS) is 1. The first kappa shape index (κ1) is 24.6. The number of methoxy groups -OCH3 is 1. The van der Waals surface area contributed by atoms with Crippen LogP contribution in [0.5, 0.6) is 34.5 Å². The number of aliphatic hydroxyl groups excluding tert-OH is 4. The number of hydrogen-bond acceptors (Lipinski definition) is 12. The van der Waals surface area contributed by atoms with Gasteiger partial charge in [-0.25, -0.2) is 4.79 Å². The van der Waals surface area contributed by atoms with Crippen molar-refractivity contribution in [1.29, 1.82) is 0 Å². The van der Waals surface area contributed by atoms with Crippen LogP contribution in [-0.2, 0) is 16.0 Å². The van der Waals surface area contributed by atoms with Crippen molar-refractivity contribution in [2.24, 2.45) is 0 Å². The number of phenols is 3. The molecule has 0 spiro atoms. The van der Waals surface area contributed by atoms with Crippen molar-refractivity contribution in [3.05, 3.63) is 35.4 Å². The number of benzene rings is 2. The minimum Gasteiger partial charge on any atom is -0.507 e. The summed E-state index contributed by atoms with van der Waals surface area (Å²) in [6.45, 7) is 0. The van der Waals surface area contributed by atoms with Crippen molar-refractivity contribution in [2.75, 3.05) is 7.11 Å². The summed E-state index contributed by atoms with van der Waals surface area (Å²) in [6.07, 6.45) is -11.5. The van der Waals surface area contributed by atoms with Gasteiger partial charge in [-0.05, 0) is 12.1 Å². The van der Waals surface area contributed by atoms with Crippen LogP contribution in [0.25, 0.3) is 0 Å². The van der Waals surface area contributed by atoms with E-state index in [-0.39, 0.29) is 52.0 Å². The first-order chi connectivity index (χ1) is 16.5.